The molecule has 4 aromatic rings. The minimum atomic E-state index is -0.375. The van der Waals surface area contributed by atoms with E-state index in [0.29, 0.717) is 28.4 Å². The lowest BCUT2D eigenvalue weighted by Crippen LogP contribution is -2.32. The molecule has 0 atom stereocenters. The standard InChI is InChI=1S/C26H21Br2N3O3S/c1-14-4-5-17(10-15(14)2)25-30-21-13-19(7-8-22(21)34-25)29-26(35)31-23(32)9-6-16-11-18(27)12-20(28)24(16)33-3/h4-13H,1-3H3,(H2,29,31,32,35)/b9-6+. The number of aryl methyl sites for hydroxylation is 2. The average Bonchev–Trinajstić information content (AvgIpc) is 3.22. The molecule has 1 heterocycles. The van der Waals surface area contributed by atoms with Gasteiger partial charge in [0, 0.05) is 27.4 Å². The van der Waals surface area contributed by atoms with E-state index in [1.165, 1.54) is 17.2 Å². The SMILES string of the molecule is COc1c(Br)cc(Br)cc1/C=C/C(=O)NC(=S)Nc1ccc2oc(-c3ccc(C)c(C)c3)nc2c1. The maximum atomic E-state index is 12.4. The molecule has 6 nitrogen and oxygen atoms in total. The first-order valence-corrected chi connectivity index (χ1v) is 12.5. The first-order valence-electron chi connectivity index (χ1n) is 10.5. The van der Waals surface area contributed by atoms with Crippen LogP contribution < -0.4 is 15.4 Å². The van der Waals surface area contributed by atoms with E-state index >= 15 is 0 Å². The van der Waals surface area contributed by atoms with Gasteiger partial charge in [0.05, 0.1) is 11.6 Å². The summed E-state index contributed by atoms with van der Waals surface area (Å²) >= 11 is 12.2. The van der Waals surface area contributed by atoms with E-state index in [1.54, 1.807) is 13.2 Å². The van der Waals surface area contributed by atoms with Crippen molar-refractivity contribution in [1.82, 2.24) is 10.3 Å². The van der Waals surface area contributed by atoms with Gasteiger partial charge in [-0.15, -0.1) is 0 Å². The largest absolute Gasteiger partial charge is 0.495 e. The molecule has 0 saturated heterocycles. The van der Waals surface area contributed by atoms with Crippen molar-refractivity contribution in [2.75, 3.05) is 12.4 Å². The molecule has 1 amide bonds. The average molecular weight is 615 g/mol. The summed E-state index contributed by atoms with van der Waals surface area (Å²) in [7, 11) is 1.57. The van der Waals surface area contributed by atoms with Gasteiger partial charge in [0.25, 0.3) is 0 Å². The predicted octanol–water partition coefficient (Wildman–Crippen LogP) is 7.17. The van der Waals surface area contributed by atoms with Crippen molar-refractivity contribution >= 4 is 78.0 Å². The Hall–Kier alpha value is -3.01. The fourth-order valence-corrected chi connectivity index (χ4v) is 5.04. The smallest absolute Gasteiger partial charge is 0.250 e. The molecule has 9 heteroatoms. The molecule has 2 N–H and O–H groups in total. The van der Waals surface area contributed by atoms with Gasteiger partial charge in [-0.2, -0.15) is 0 Å². The number of carbonyl (C=O) groups is 1. The van der Waals surface area contributed by atoms with E-state index in [-0.39, 0.29) is 11.0 Å². The molecule has 35 heavy (non-hydrogen) atoms. The molecule has 0 saturated carbocycles. The van der Waals surface area contributed by atoms with Crippen LogP contribution in [-0.2, 0) is 4.79 Å². The third-order valence-electron chi connectivity index (χ3n) is 5.29. The molecular weight excluding hydrogens is 594 g/mol. The summed E-state index contributed by atoms with van der Waals surface area (Å²) in [5.41, 5.74) is 6.07. The molecule has 4 rings (SSSR count). The Morgan fingerprint density at radius 1 is 1.09 bits per heavy atom. The summed E-state index contributed by atoms with van der Waals surface area (Å²) in [5, 5.41) is 5.82. The lowest BCUT2D eigenvalue weighted by molar-refractivity contribution is -0.115. The number of carbonyl (C=O) groups excluding carboxylic acids is 1. The van der Waals surface area contributed by atoms with Gasteiger partial charge in [-0.3, -0.25) is 10.1 Å². The topological polar surface area (TPSA) is 76.4 Å². The Bertz CT molecular complexity index is 1480. The van der Waals surface area contributed by atoms with Gasteiger partial charge < -0.3 is 14.5 Å². The number of hydrogen-bond acceptors (Lipinski definition) is 5. The Labute approximate surface area is 225 Å². The predicted molar refractivity (Wildman–Crippen MR) is 151 cm³/mol. The van der Waals surface area contributed by atoms with Crippen molar-refractivity contribution in [3.63, 3.8) is 0 Å². The minimum absolute atomic E-state index is 0.166. The van der Waals surface area contributed by atoms with Crippen LogP contribution in [0, 0.1) is 13.8 Å². The molecule has 0 unspecified atom stereocenters. The lowest BCUT2D eigenvalue weighted by atomic mass is 10.1. The summed E-state index contributed by atoms with van der Waals surface area (Å²) in [4.78, 5) is 17.0. The summed E-state index contributed by atoms with van der Waals surface area (Å²) in [6.07, 6.45) is 3.05. The van der Waals surface area contributed by atoms with Gasteiger partial charge in [0.15, 0.2) is 10.7 Å². The summed E-state index contributed by atoms with van der Waals surface area (Å²) in [6.45, 7) is 4.12. The number of hydrogen-bond donors (Lipinski definition) is 2. The normalized spacial score (nSPS) is 11.1. The van der Waals surface area contributed by atoms with Crippen LogP contribution in [0.25, 0.3) is 28.6 Å². The summed E-state index contributed by atoms with van der Waals surface area (Å²) < 4.78 is 12.9. The number of aromatic nitrogens is 1. The molecule has 1 aromatic heterocycles. The van der Waals surface area contributed by atoms with Crippen molar-refractivity contribution in [2.24, 2.45) is 0 Å². The number of amides is 1. The maximum Gasteiger partial charge on any atom is 0.250 e. The van der Waals surface area contributed by atoms with Gasteiger partial charge in [-0.05, 0) is 102 Å². The Morgan fingerprint density at radius 3 is 2.63 bits per heavy atom. The molecule has 0 fully saturated rings. The second-order valence-electron chi connectivity index (χ2n) is 7.79. The maximum absolute atomic E-state index is 12.4. The van der Waals surface area contributed by atoms with Gasteiger partial charge in [0.1, 0.15) is 11.3 Å². The molecule has 0 aliphatic carbocycles. The molecule has 0 radical (unpaired) electrons. The number of ether oxygens (including phenoxy) is 1. The first-order chi connectivity index (χ1) is 16.7. The van der Waals surface area contributed by atoms with Crippen molar-refractivity contribution in [3.8, 4) is 17.2 Å². The van der Waals surface area contributed by atoms with Crippen LogP contribution in [0.2, 0.25) is 0 Å². The number of anilines is 1. The number of rotatable bonds is 5. The third kappa shape index (κ3) is 5.98. The van der Waals surface area contributed by atoms with Gasteiger partial charge >= 0.3 is 0 Å². The highest BCUT2D eigenvalue weighted by atomic mass is 79.9. The van der Waals surface area contributed by atoms with Crippen molar-refractivity contribution in [1.29, 1.82) is 0 Å². The van der Waals surface area contributed by atoms with E-state index in [4.69, 9.17) is 21.4 Å². The van der Waals surface area contributed by atoms with Gasteiger partial charge in [-0.1, -0.05) is 22.0 Å². The highest BCUT2D eigenvalue weighted by molar-refractivity contribution is 9.11. The number of thiocarbonyl (C=S) groups is 1. The summed E-state index contributed by atoms with van der Waals surface area (Å²) in [5.74, 6) is 0.801. The van der Waals surface area contributed by atoms with Crippen molar-refractivity contribution in [3.05, 3.63) is 80.2 Å². The minimum Gasteiger partial charge on any atom is -0.495 e. The first kappa shape index (κ1) is 25.1. The zero-order valence-electron chi connectivity index (χ0n) is 19.1. The van der Waals surface area contributed by atoms with Crippen LogP contribution in [-0.4, -0.2) is 23.1 Å². The van der Waals surface area contributed by atoms with Crippen LogP contribution >= 0.6 is 44.1 Å². The molecule has 178 valence electrons. The molecule has 3 aromatic carbocycles. The van der Waals surface area contributed by atoms with E-state index < -0.39 is 0 Å². The number of oxazole rings is 1. The van der Waals surface area contributed by atoms with E-state index in [2.05, 4.69) is 67.4 Å². The second kappa shape index (κ2) is 10.7. The second-order valence-corrected chi connectivity index (χ2v) is 9.97. The van der Waals surface area contributed by atoms with E-state index in [1.807, 2.05) is 42.5 Å². The molecule has 0 aliphatic rings. The van der Waals surface area contributed by atoms with Crippen LogP contribution in [0.5, 0.6) is 5.75 Å². The number of nitrogens with zero attached hydrogens (tertiary/aromatic N) is 1. The van der Waals surface area contributed by atoms with Crippen LogP contribution in [0.1, 0.15) is 16.7 Å². The molecule has 0 aliphatic heterocycles. The quantitative estimate of drug-likeness (QED) is 0.183. The zero-order chi connectivity index (χ0) is 25.1. The van der Waals surface area contributed by atoms with Crippen molar-refractivity contribution in [2.45, 2.75) is 13.8 Å². The molecule has 0 spiro atoms. The number of methoxy groups -OCH3 is 1. The Kier molecular flexibility index (Phi) is 7.69. The molecule has 0 bridgehead atoms. The van der Waals surface area contributed by atoms with Crippen molar-refractivity contribution < 1.29 is 13.9 Å². The fraction of sp³-hybridized carbons (Fsp3) is 0.115. The fourth-order valence-electron chi connectivity index (χ4n) is 3.40. The number of nitrogens with one attached hydrogen (secondary N) is 2. The zero-order valence-corrected chi connectivity index (χ0v) is 23.1. The highest BCUT2D eigenvalue weighted by Gasteiger charge is 2.11. The monoisotopic (exact) mass is 613 g/mol. The van der Waals surface area contributed by atoms with E-state index in [0.717, 1.165) is 20.1 Å². The van der Waals surface area contributed by atoms with E-state index in [9.17, 15) is 4.79 Å². The Balaban J connectivity index is 1.43. The highest BCUT2D eigenvalue weighted by Crippen LogP contribution is 2.33. The van der Waals surface area contributed by atoms with Crippen LogP contribution in [0.3, 0.4) is 0 Å². The number of fused-ring (bicyclic) bond motifs is 1. The lowest BCUT2D eigenvalue weighted by Gasteiger charge is -2.09. The Morgan fingerprint density at radius 2 is 1.89 bits per heavy atom. The summed E-state index contributed by atoms with van der Waals surface area (Å²) in [6, 6.07) is 15.3. The van der Waals surface area contributed by atoms with Gasteiger partial charge in [-0.25, -0.2) is 4.98 Å². The number of benzene rings is 3. The van der Waals surface area contributed by atoms with Crippen LogP contribution in [0.4, 0.5) is 5.69 Å². The van der Waals surface area contributed by atoms with Crippen LogP contribution in [0.15, 0.2) is 68.0 Å². The molecular formula is C26H21Br2N3O3S. The third-order valence-corrected chi connectivity index (χ3v) is 6.54. The van der Waals surface area contributed by atoms with Gasteiger partial charge in [0.2, 0.25) is 11.8 Å². The number of halogens is 2.